The number of benzene rings is 2. The molecule has 1 saturated heterocycles. The van der Waals surface area contributed by atoms with Gasteiger partial charge >= 0.3 is 0 Å². The summed E-state index contributed by atoms with van der Waals surface area (Å²) in [5.74, 6) is 0.565. The minimum atomic E-state index is 0.160. The third-order valence-electron chi connectivity index (χ3n) is 5.05. The lowest BCUT2D eigenvalue weighted by molar-refractivity contribution is 0.303. The number of allylic oxidation sites excluding steroid dienone is 1. The number of nitrogens with zero attached hydrogens (tertiary/aromatic N) is 4. The average molecular weight is 459 g/mol. The first-order valence-electron chi connectivity index (χ1n) is 9.98. The van der Waals surface area contributed by atoms with E-state index >= 15 is 0 Å². The summed E-state index contributed by atoms with van der Waals surface area (Å²) < 4.78 is 6.04. The van der Waals surface area contributed by atoms with Crippen molar-refractivity contribution in [3.63, 3.8) is 0 Å². The van der Waals surface area contributed by atoms with Gasteiger partial charge in [-0.1, -0.05) is 46.5 Å². The first-order valence-corrected chi connectivity index (χ1v) is 10.7. The number of aliphatic imine (C=N–C) groups is 1. The van der Waals surface area contributed by atoms with Crippen LogP contribution in [0.2, 0.25) is 10.0 Å². The van der Waals surface area contributed by atoms with Gasteiger partial charge in [0.2, 0.25) is 0 Å². The Morgan fingerprint density at radius 2 is 1.97 bits per heavy atom. The van der Waals surface area contributed by atoms with Crippen LogP contribution in [0.4, 0.5) is 0 Å². The van der Waals surface area contributed by atoms with Crippen molar-refractivity contribution in [1.82, 2.24) is 5.32 Å². The maximum atomic E-state index is 8.71. The highest BCUT2D eigenvalue weighted by Gasteiger charge is 2.13. The molecule has 1 aliphatic rings. The summed E-state index contributed by atoms with van der Waals surface area (Å²) in [5, 5.41) is 8.04. The van der Waals surface area contributed by atoms with Crippen molar-refractivity contribution in [1.29, 1.82) is 0 Å². The minimum absolute atomic E-state index is 0.160. The highest BCUT2D eigenvalue weighted by atomic mass is 35.5. The summed E-state index contributed by atoms with van der Waals surface area (Å²) in [6.45, 7) is 2.28. The molecule has 3 N–H and O–H groups in total. The van der Waals surface area contributed by atoms with Gasteiger partial charge in [-0.05, 0) is 60.8 Å². The Hall–Kier alpha value is -2.70. The van der Waals surface area contributed by atoms with Gasteiger partial charge in [-0.25, -0.2) is 0 Å². The van der Waals surface area contributed by atoms with Crippen molar-refractivity contribution < 1.29 is 4.74 Å². The number of piperidine rings is 1. The van der Waals surface area contributed by atoms with Gasteiger partial charge in [0.15, 0.2) is 0 Å². The lowest BCUT2D eigenvalue weighted by atomic mass is 10.0. The van der Waals surface area contributed by atoms with Crippen LogP contribution in [-0.4, -0.2) is 25.3 Å². The molecule has 1 aliphatic heterocycles. The van der Waals surface area contributed by atoms with Crippen LogP contribution in [-0.2, 0) is 13.2 Å². The Morgan fingerprint density at radius 3 is 2.65 bits per heavy atom. The first kappa shape index (κ1) is 23.0. The topological polar surface area (TPSA) is 108 Å². The van der Waals surface area contributed by atoms with Crippen LogP contribution < -0.4 is 15.8 Å². The van der Waals surface area contributed by atoms with E-state index in [0.29, 0.717) is 27.4 Å². The molecule has 1 heterocycles. The van der Waals surface area contributed by atoms with Crippen LogP contribution >= 0.6 is 23.2 Å². The largest absolute Gasteiger partial charge is 0.488 e. The second-order valence-electron chi connectivity index (χ2n) is 7.08. The summed E-state index contributed by atoms with van der Waals surface area (Å²) in [6.07, 6.45) is 5.35. The number of nitrogens with one attached hydrogen (secondary N) is 1. The molecule has 0 amide bonds. The van der Waals surface area contributed by atoms with E-state index < -0.39 is 0 Å². The SMILES string of the molecule is [N-]=[N+]=NCc1ccc(C(C=NC2CCNCC2)=CN)cc1OCc1c(Cl)cccc1Cl. The molecule has 0 unspecified atom stereocenters. The Kier molecular flexibility index (Phi) is 8.62. The van der Waals surface area contributed by atoms with Crippen LogP contribution in [0.3, 0.4) is 0 Å². The molecule has 0 saturated carbocycles. The molecule has 7 nitrogen and oxygen atoms in total. The minimum Gasteiger partial charge on any atom is -0.488 e. The van der Waals surface area contributed by atoms with E-state index in [4.69, 9.17) is 44.2 Å². The van der Waals surface area contributed by atoms with Gasteiger partial charge in [-0.2, -0.15) is 0 Å². The van der Waals surface area contributed by atoms with Gasteiger partial charge in [-0.3, -0.25) is 4.99 Å². The zero-order chi connectivity index (χ0) is 22.1. The second-order valence-corrected chi connectivity index (χ2v) is 7.90. The van der Waals surface area contributed by atoms with E-state index in [2.05, 4.69) is 15.3 Å². The van der Waals surface area contributed by atoms with Crippen LogP contribution in [0.5, 0.6) is 5.75 Å². The van der Waals surface area contributed by atoms with Gasteiger partial charge < -0.3 is 15.8 Å². The van der Waals surface area contributed by atoms with Crippen molar-refractivity contribution in [2.75, 3.05) is 13.1 Å². The maximum absolute atomic E-state index is 8.71. The third-order valence-corrected chi connectivity index (χ3v) is 5.76. The molecule has 0 spiro atoms. The fourth-order valence-corrected chi connectivity index (χ4v) is 3.79. The molecule has 9 heteroatoms. The number of azide groups is 1. The fraction of sp³-hybridized carbons (Fsp3) is 0.318. The van der Waals surface area contributed by atoms with Crippen molar-refractivity contribution in [2.24, 2.45) is 15.8 Å². The number of hydrogen-bond donors (Lipinski definition) is 2. The number of ether oxygens (including phenoxy) is 1. The fourth-order valence-electron chi connectivity index (χ4n) is 3.28. The smallest absolute Gasteiger partial charge is 0.123 e. The number of rotatable bonds is 8. The summed E-state index contributed by atoms with van der Waals surface area (Å²) >= 11 is 12.5. The predicted octanol–water partition coefficient (Wildman–Crippen LogP) is 5.51. The maximum Gasteiger partial charge on any atom is 0.123 e. The molecule has 3 rings (SSSR count). The van der Waals surface area contributed by atoms with Gasteiger partial charge in [0.25, 0.3) is 0 Å². The van der Waals surface area contributed by atoms with Gasteiger partial charge in [0.05, 0.1) is 12.6 Å². The Labute approximate surface area is 191 Å². The third kappa shape index (κ3) is 6.39. The first-order chi connectivity index (χ1) is 15.1. The molecule has 0 bridgehead atoms. The number of nitrogens with two attached hydrogens (primary N) is 1. The van der Waals surface area contributed by atoms with E-state index in [0.717, 1.165) is 42.6 Å². The molecule has 0 aliphatic carbocycles. The Bertz CT molecular complexity index is 991. The summed E-state index contributed by atoms with van der Waals surface area (Å²) in [4.78, 5) is 7.54. The van der Waals surface area contributed by atoms with E-state index in [9.17, 15) is 0 Å². The lowest BCUT2D eigenvalue weighted by Gasteiger charge is -2.19. The number of hydrogen-bond acceptors (Lipinski definition) is 5. The molecular formula is C22H24Cl2N6O. The van der Waals surface area contributed by atoms with Crippen LogP contribution in [0.1, 0.15) is 29.5 Å². The molecule has 1 fully saturated rings. The summed E-state index contributed by atoms with van der Waals surface area (Å²) in [5.41, 5.74) is 17.7. The lowest BCUT2D eigenvalue weighted by Crippen LogP contribution is -2.29. The van der Waals surface area contributed by atoms with E-state index in [1.165, 1.54) is 6.20 Å². The molecule has 31 heavy (non-hydrogen) atoms. The zero-order valence-corrected chi connectivity index (χ0v) is 18.5. The molecule has 2 aromatic carbocycles. The Balaban J connectivity index is 1.84. The highest BCUT2D eigenvalue weighted by molar-refractivity contribution is 6.35. The van der Waals surface area contributed by atoms with E-state index in [1.54, 1.807) is 18.2 Å². The van der Waals surface area contributed by atoms with Crippen LogP contribution in [0, 0.1) is 0 Å². The van der Waals surface area contributed by atoms with Crippen LogP contribution in [0.25, 0.3) is 16.0 Å². The Morgan fingerprint density at radius 1 is 1.23 bits per heavy atom. The highest BCUT2D eigenvalue weighted by Crippen LogP contribution is 2.29. The molecule has 0 aromatic heterocycles. The molecule has 0 radical (unpaired) electrons. The second kappa shape index (κ2) is 11.6. The standard InChI is InChI=1S/C22H24Cl2N6O/c23-20-2-1-3-21(24)19(20)14-31-22-10-15(4-5-16(22)13-29-30-26)17(11-25)12-28-18-6-8-27-9-7-18/h1-5,10-12,18,27H,6-9,13-14,25H2. The molecular weight excluding hydrogens is 435 g/mol. The van der Waals surface area contributed by atoms with Gasteiger partial charge in [0, 0.05) is 38.5 Å². The summed E-state index contributed by atoms with van der Waals surface area (Å²) in [6, 6.07) is 11.2. The van der Waals surface area contributed by atoms with Crippen LogP contribution in [0.15, 0.2) is 52.7 Å². The number of halogens is 2. The zero-order valence-electron chi connectivity index (χ0n) is 17.0. The van der Waals surface area contributed by atoms with Crippen molar-refractivity contribution in [3.8, 4) is 5.75 Å². The van der Waals surface area contributed by atoms with E-state index in [-0.39, 0.29) is 13.2 Å². The van der Waals surface area contributed by atoms with E-state index in [1.807, 2.05) is 24.4 Å². The average Bonchev–Trinajstić information content (AvgIpc) is 2.79. The van der Waals surface area contributed by atoms with Crippen molar-refractivity contribution in [3.05, 3.63) is 79.8 Å². The monoisotopic (exact) mass is 458 g/mol. The van der Waals surface area contributed by atoms with Crippen molar-refractivity contribution in [2.45, 2.75) is 32.0 Å². The summed E-state index contributed by atoms with van der Waals surface area (Å²) in [7, 11) is 0. The molecule has 0 atom stereocenters. The normalized spacial score (nSPS) is 15.1. The van der Waals surface area contributed by atoms with Crippen molar-refractivity contribution >= 4 is 35.0 Å². The quantitative estimate of drug-likeness (QED) is 0.235. The van der Waals surface area contributed by atoms with Gasteiger partial charge in [0.1, 0.15) is 12.4 Å². The molecule has 162 valence electrons. The molecule has 2 aromatic rings. The van der Waals surface area contributed by atoms with Gasteiger partial charge in [-0.15, -0.1) is 0 Å². The predicted molar refractivity (Wildman–Crippen MR) is 127 cm³/mol.